The Morgan fingerprint density at radius 3 is 2.84 bits per heavy atom. The van der Waals surface area contributed by atoms with Crippen LogP contribution in [0.3, 0.4) is 0 Å². The second kappa shape index (κ2) is 6.16. The zero-order valence-electron chi connectivity index (χ0n) is 10.7. The molecule has 104 valence electrons. The zero-order valence-corrected chi connectivity index (χ0v) is 11.5. The van der Waals surface area contributed by atoms with Crippen LogP contribution in [0, 0.1) is 0 Å². The highest BCUT2D eigenvalue weighted by Gasteiger charge is 2.34. The van der Waals surface area contributed by atoms with Crippen LogP contribution >= 0.6 is 11.3 Å². The lowest BCUT2D eigenvalue weighted by atomic mass is 10.2. The molecule has 2 N–H and O–H groups in total. The molecular weight excluding hydrogens is 266 g/mol. The van der Waals surface area contributed by atoms with Gasteiger partial charge in [0, 0.05) is 4.88 Å². The van der Waals surface area contributed by atoms with Crippen LogP contribution < -0.4 is 5.32 Å². The first-order valence-corrected chi connectivity index (χ1v) is 7.21. The molecule has 5 nitrogen and oxygen atoms in total. The Morgan fingerprint density at radius 1 is 1.47 bits per heavy atom. The normalized spacial score (nSPS) is 22.4. The smallest absolute Gasteiger partial charge is 0.332 e. The highest BCUT2D eigenvalue weighted by Crippen LogP contribution is 2.21. The molecule has 0 unspecified atom stereocenters. The largest absolute Gasteiger partial charge is 0.479 e. The fraction of sp³-hybridized carbons (Fsp3) is 0.538. The van der Waals surface area contributed by atoms with Gasteiger partial charge in [0.25, 0.3) is 0 Å². The molecule has 0 radical (unpaired) electrons. The highest BCUT2D eigenvalue weighted by molar-refractivity contribution is 7.10. The summed E-state index contributed by atoms with van der Waals surface area (Å²) in [5.74, 6) is -1.22. The van der Waals surface area contributed by atoms with Gasteiger partial charge < -0.3 is 15.2 Å². The minimum Gasteiger partial charge on any atom is -0.479 e. The van der Waals surface area contributed by atoms with Crippen LogP contribution in [0.25, 0.3) is 0 Å². The van der Waals surface area contributed by atoms with E-state index in [4.69, 9.17) is 9.84 Å². The Hall–Kier alpha value is -1.40. The Morgan fingerprint density at radius 2 is 2.21 bits per heavy atom. The number of thiophene rings is 1. The standard InChI is InChI=1S/C13H17NO4S/c1-2-8-5-6-19-11(8)7-14-12(15)9-3-4-10(18-9)13(16)17/h5-6,9-10H,2-4,7H2,1H3,(H,14,15)(H,16,17)/t9-,10+/m0/s1. The van der Waals surface area contributed by atoms with Crippen LogP contribution in [0.15, 0.2) is 11.4 Å². The average Bonchev–Trinajstić information content (AvgIpc) is 3.04. The van der Waals surface area contributed by atoms with Crippen LogP contribution in [0.4, 0.5) is 0 Å². The molecule has 6 heteroatoms. The third-order valence-electron chi connectivity index (χ3n) is 3.23. The summed E-state index contributed by atoms with van der Waals surface area (Å²) >= 11 is 1.61. The summed E-state index contributed by atoms with van der Waals surface area (Å²) in [6.45, 7) is 2.56. The summed E-state index contributed by atoms with van der Waals surface area (Å²) in [4.78, 5) is 23.8. The minimum atomic E-state index is -0.998. The second-order valence-corrected chi connectivity index (χ2v) is 5.47. The van der Waals surface area contributed by atoms with Crippen molar-refractivity contribution in [3.63, 3.8) is 0 Å². The van der Waals surface area contributed by atoms with E-state index in [1.807, 2.05) is 5.38 Å². The number of nitrogens with one attached hydrogen (secondary N) is 1. The van der Waals surface area contributed by atoms with E-state index in [9.17, 15) is 9.59 Å². The number of carbonyl (C=O) groups excluding carboxylic acids is 1. The van der Waals surface area contributed by atoms with Crippen LogP contribution in [0.5, 0.6) is 0 Å². The fourth-order valence-corrected chi connectivity index (χ4v) is 3.05. The van der Waals surface area contributed by atoms with Gasteiger partial charge in [0.1, 0.15) is 6.10 Å². The molecule has 0 saturated carbocycles. The number of amides is 1. The maximum absolute atomic E-state index is 11.9. The second-order valence-electron chi connectivity index (χ2n) is 4.47. The first-order valence-electron chi connectivity index (χ1n) is 6.33. The number of carboxylic acids is 1. The fourth-order valence-electron chi connectivity index (χ4n) is 2.13. The molecule has 19 heavy (non-hydrogen) atoms. The van der Waals surface area contributed by atoms with Crippen molar-refractivity contribution in [2.45, 2.75) is 44.9 Å². The molecule has 2 rings (SSSR count). The molecule has 1 fully saturated rings. The van der Waals surface area contributed by atoms with E-state index in [1.165, 1.54) is 5.56 Å². The van der Waals surface area contributed by atoms with Crippen molar-refractivity contribution in [2.24, 2.45) is 0 Å². The highest BCUT2D eigenvalue weighted by atomic mass is 32.1. The molecular formula is C13H17NO4S. The molecule has 1 aromatic heterocycles. The molecule has 1 aromatic rings. The number of rotatable bonds is 5. The van der Waals surface area contributed by atoms with Gasteiger partial charge >= 0.3 is 5.97 Å². The Labute approximate surface area is 115 Å². The zero-order chi connectivity index (χ0) is 13.8. The number of ether oxygens (including phenoxy) is 1. The molecule has 1 aliphatic rings. The number of carboxylic acid groups (broad SMARTS) is 1. The predicted octanol–water partition coefficient (Wildman–Crippen LogP) is 1.56. The van der Waals surface area contributed by atoms with Crippen molar-refractivity contribution in [3.8, 4) is 0 Å². The van der Waals surface area contributed by atoms with Gasteiger partial charge in [-0.25, -0.2) is 4.79 Å². The van der Waals surface area contributed by atoms with Crippen molar-refractivity contribution in [1.29, 1.82) is 0 Å². The van der Waals surface area contributed by atoms with Crippen LogP contribution in [0.1, 0.15) is 30.2 Å². The van der Waals surface area contributed by atoms with E-state index < -0.39 is 18.2 Å². The van der Waals surface area contributed by atoms with Gasteiger partial charge in [-0.3, -0.25) is 4.79 Å². The summed E-state index contributed by atoms with van der Waals surface area (Å²) in [5.41, 5.74) is 1.24. The maximum Gasteiger partial charge on any atom is 0.332 e. The Kier molecular flexibility index (Phi) is 4.55. The van der Waals surface area contributed by atoms with Gasteiger partial charge in [0.15, 0.2) is 6.10 Å². The lowest BCUT2D eigenvalue weighted by Gasteiger charge is -2.11. The van der Waals surface area contributed by atoms with Crippen molar-refractivity contribution >= 4 is 23.2 Å². The van der Waals surface area contributed by atoms with Gasteiger partial charge in [-0.1, -0.05) is 6.92 Å². The van der Waals surface area contributed by atoms with E-state index in [1.54, 1.807) is 11.3 Å². The van der Waals surface area contributed by atoms with Crippen LogP contribution in [-0.2, 0) is 27.3 Å². The van der Waals surface area contributed by atoms with Gasteiger partial charge in [-0.15, -0.1) is 11.3 Å². The van der Waals surface area contributed by atoms with Crippen molar-refractivity contribution in [1.82, 2.24) is 5.32 Å². The number of hydrogen-bond acceptors (Lipinski definition) is 4. The summed E-state index contributed by atoms with van der Waals surface area (Å²) in [7, 11) is 0. The number of aryl methyl sites for hydroxylation is 1. The third-order valence-corrected chi connectivity index (χ3v) is 4.19. The van der Waals surface area contributed by atoms with E-state index in [0.29, 0.717) is 19.4 Å². The van der Waals surface area contributed by atoms with E-state index in [-0.39, 0.29) is 5.91 Å². The molecule has 2 heterocycles. The first-order chi connectivity index (χ1) is 9.11. The maximum atomic E-state index is 11.9. The summed E-state index contributed by atoms with van der Waals surface area (Å²) < 4.78 is 5.20. The van der Waals surface area contributed by atoms with Crippen LogP contribution in [-0.4, -0.2) is 29.2 Å². The van der Waals surface area contributed by atoms with Gasteiger partial charge in [-0.2, -0.15) is 0 Å². The van der Waals surface area contributed by atoms with E-state index in [2.05, 4.69) is 18.3 Å². The van der Waals surface area contributed by atoms with Crippen molar-refractivity contribution in [3.05, 3.63) is 21.9 Å². The molecule has 0 spiro atoms. The molecule has 1 saturated heterocycles. The van der Waals surface area contributed by atoms with Crippen molar-refractivity contribution in [2.75, 3.05) is 0 Å². The Bertz CT molecular complexity index is 471. The topological polar surface area (TPSA) is 75.6 Å². The third kappa shape index (κ3) is 3.33. The number of aliphatic carboxylic acids is 1. The molecule has 2 atom stereocenters. The molecule has 0 aromatic carbocycles. The first kappa shape index (κ1) is 14.0. The Balaban J connectivity index is 1.84. The molecule has 0 aliphatic carbocycles. The van der Waals surface area contributed by atoms with Gasteiger partial charge in [-0.05, 0) is 36.3 Å². The van der Waals surface area contributed by atoms with Gasteiger partial charge in [0.2, 0.25) is 5.91 Å². The summed E-state index contributed by atoms with van der Waals surface area (Å²) in [6, 6.07) is 2.05. The number of carbonyl (C=O) groups is 2. The van der Waals surface area contributed by atoms with E-state index >= 15 is 0 Å². The SMILES string of the molecule is CCc1ccsc1CNC(=O)[C@@H]1CC[C@H](C(=O)O)O1. The molecule has 1 amide bonds. The monoisotopic (exact) mass is 283 g/mol. The van der Waals surface area contributed by atoms with Crippen molar-refractivity contribution < 1.29 is 19.4 Å². The summed E-state index contributed by atoms with van der Waals surface area (Å²) in [6.07, 6.45) is 0.325. The number of hydrogen-bond donors (Lipinski definition) is 2. The van der Waals surface area contributed by atoms with E-state index in [0.717, 1.165) is 11.3 Å². The van der Waals surface area contributed by atoms with Gasteiger partial charge in [0.05, 0.1) is 6.54 Å². The quantitative estimate of drug-likeness (QED) is 0.860. The average molecular weight is 283 g/mol. The molecule has 0 bridgehead atoms. The summed E-state index contributed by atoms with van der Waals surface area (Å²) in [5, 5.41) is 13.6. The predicted molar refractivity (Wildman–Crippen MR) is 71.1 cm³/mol. The lowest BCUT2D eigenvalue weighted by Crippen LogP contribution is -2.35. The minimum absolute atomic E-state index is 0.223. The lowest BCUT2D eigenvalue weighted by molar-refractivity contribution is -0.151. The molecule has 1 aliphatic heterocycles. The van der Waals surface area contributed by atoms with Crippen LogP contribution in [0.2, 0.25) is 0 Å².